The summed E-state index contributed by atoms with van der Waals surface area (Å²) in [4.78, 5) is 6.39. The highest BCUT2D eigenvalue weighted by Crippen LogP contribution is 2.31. The monoisotopic (exact) mass is 368 g/mol. The molecule has 0 bridgehead atoms. The van der Waals surface area contributed by atoms with Gasteiger partial charge in [-0.2, -0.15) is 13.2 Å². The fraction of sp³-hybridized carbons (Fsp3) is 0.316. The fourth-order valence-corrected chi connectivity index (χ4v) is 2.55. The molecule has 0 aliphatic rings. The highest BCUT2D eigenvalue weighted by atomic mass is 35.5. The molecule has 0 fully saturated rings. The Kier molecular flexibility index (Phi) is 6.11. The number of nitrogens with zero attached hydrogens (tertiary/aromatic N) is 2. The minimum atomic E-state index is -4.32. The molecule has 0 aromatic heterocycles. The highest BCUT2D eigenvalue weighted by Gasteiger charge is 2.29. The van der Waals surface area contributed by atoms with Crippen LogP contribution in [0.1, 0.15) is 29.2 Å². The van der Waals surface area contributed by atoms with Crippen LogP contribution >= 0.6 is 11.6 Å². The van der Waals surface area contributed by atoms with Gasteiger partial charge in [0.15, 0.2) is 0 Å². The van der Waals surface area contributed by atoms with Crippen LogP contribution in [-0.2, 0) is 12.6 Å². The fourth-order valence-electron chi connectivity index (χ4n) is 2.31. The van der Waals surface area contributed by atoms with E-state index in [2.05, 4.69) is 4.99 Å². The predicted molar refractivity (Wildman–Crippen MR) is 96.9 cm³/mol. The van der Waals surface area contributed by atoms with Crippen molar-refractivity contribution in [3.05, 3.63) is 63.7 Å². The number of alkyl halides is 3. The molecular formula is C19H20ClF3N2. The van der Waals surface area contributed by atoms with E-state index in [4.69, 9.17) is 11.6 Å². The Bertz CT molecular complexity index is 752. The first kappa shape index (κ1) is 19.3. The molecule has 0 heterocycles. The molecule has 2 aromatic rings. The first-order valence-corrected chi connectivity index (χ1v) is 8.28. The van der Waals surface area contributed by atoms with Crippen molar-refractivity contribution < 1.29 is 13.2 Å². The van der Waals surface area contributed by atoms with Crippen molar-refractivity contribution in [2.75, 3.05) is 13.6 Å². The summed E-state index contributed by atoms with van der Waals surface area (Å²) in [5.74, 6) is 0. The molecule has 134 valence electrons. The zero-order valence-corrected chi connectivity index (χ0v) is 15.1. The summed E-state index contributed by atoms with van der Waals surface area (Å²) in [6.45, 7) is 4.79. The van der Waals surface area contributed by atoms with Crippen molar-refractivity contribution in [2.24, 2.45) is 4.99 Å². The zero-order valence-electron chi connectivity index (χ0n) is 14.4. The average molecular weight is 369 g/mol. The molecule has 25 heavy (non-hydrogen) atoms. The van der Waals surface area contributed by atoms with Crippen LogP contribution in [0.2, 0.25) is 5.02 Å². The Hall–Kier alpha value is -2.01. The topological polar surface area (TPSA) is 15.6 Å². The molecule has 0 atom stereocenters. The lowest BCUT2D eigenvalue weighted by atomic mass is 9.98. The maximum absolute atomic E-state index is 12.7. The Morgan fingerprint density at radius 1 is 1.16 bits per heavy atom. The third-order valence-corrected chi connectivity index (χ3v) is 4.24. The highest BCUT2D eigenvalue weighted by molar-refractivity contribution is 6.31. The van der Waals surface area contributed by atoms with Gasteiger partial charge in [-0.3, -0.25) is 0 Å². The normalized spacial score (nSPS) is 12.0. The van der Waals surface area contributed by atoms with Gasteiger partial charge in [-0.25, -0.2) is 4.99 Å². The largest absolute Gasteiger partial charge is 0.416 e. The van der Waals surface area contributed by atoms with Crippen LogP contribution in [0, 0.1) is 6.92 Å². The lowest BCUT2D eigenvalue weighted by molar-refractivity contribution is -0.137. The predicted octanol–water partition coefficient (Wildman–Crippen LogP) is 5.87. The van der Waals surface area contributed by atoms with Gasteiger partial charge in [0, 0.05) is 18.6 Å². The molecule has 6 heteroatoms. The van der Waals surface area contributed by atoms with E-state index in [9.17, 15) is 13.2 Å². The molecular weight excluding hydrogens is 349 g/mol. The molecule has 0 spiro atoms. The minimum Gasteiger partial charge on any atom is -0.366 e. The molecule has 0 unspecified atom stereocenters. The molecule has 2 rings (SSSR count). The van der Waals surface area contributed by atoms with Crippen LogP contribution < -0.4 is 0 Å². The second-order valence-corrected chi connectivity index (χ2v) is 6.33. The van der Waals surface area contributed by atoms with Gasteiger partial charge < -0.3 is 4.90 Å². The van der Waals surface area contributed by atoms with Crippen LogP contribution in [-0.4, -0.2) is 24.8 Å². The van der Waals surface area contributed by atoms with Gasteiger partial charge in [-0.05, 0) is 61.2 Å². The first-order valence-electron chi connectivity index (χ1n) is 7.90. The Labute approximate surface area is 150 Å². The maximum atomic E-state index is 12.7. The number of halogens is 4. The minimum absolute atomic E-state index is 0.497. The number of hydrogen-bond acceptors (Lipinski definition) is 1. The summed E-state index contributed by atoms with van der Waals surface area (Å²) in [7, 11) is 1.92. The van der Waals surface area contributed by atoms with Crippen LogP contribution in [0.5, 0.6) is 0 Å². The summed E-state index contributed by atoms with van der Waals surface area (Å²) in [5.41, 5.74) is 2.81. The summed E-state index contributed by atoms with van der Waals surface area (Å²) >= 11 is 6.19. The van der Waals surface area contributed by atoms with E-state index in [-0.39, 0.29) is 0 Å². The van der Waals surface area contributed by atoms with E-state index in [0.717, 1.165) is 41.1 Å². The molecule has 0 N–H and O–H groups in total. The summed E-state index contributed by atoms with van der Waals surface area (Å²) in [5, 5.41) is 0.554. The average Bonchev–Trinajstić information content (AvgIpc) is 2.55. The summed E-state index contributed by atoms with van der Waals surface area (Å²) < 4.78 is 38.0. The van der Waals surface area contributed by atoms with Crippen molar-refractivity contribution in [1.29, 1.82) is 0 Å². The van der Waals surface area contributed by atoms with Gasteiger partial charge in [0.2, 0.25) is 0 Å². The van der Waals surface area contributed by atoms with Crippen LogP contribution in [0.15, 0.2) is 41.4 Å². The molecule has 0 aliphatic carbocycles. The molecule has 0 saturated heterocycles. The molecule has 2 nitrogen and oxygen atoms in total. The lowest BCUT2D eigenvalue weighted by Crippen LogP contribution is -2.14. The van der Waals surface area contributed by atoms with E-state index in [0.29, 0.717) is 11.4 Å². The molecule has 0 radical (unpaired) electrons. The van der Waals surface area contributed by atoms with Crippen LogP contribution in [0.25, 0.3) is 0 Å². The second kappa shape index (κ2) is 7.91. The van der Waals surface area contributed by atoms with Gasteiger partial charge in [-0.1, -0.05) is 23.7 Å². The zero-order chi connectivity index (χ0) is 18.6. The van der Waals surface area contributed by atoms with Gasteiger partial charge in [0.1, 0.15) is 0 Å². The third kappa shape index (κ3) is 5.23. The van der Waals surface area contributed by atoms with E-state index >= 15 is 0 Å². The van der Waals surface area contributed by atoms with Crippen molar-refractivity contribution in [3.63, 3.8) is 0 Å². The van der Waals surface area contributed by atoms with Crippen molar-refractivity contribution in [1.82, 2.24) is 4.90 Å². The lowest BCUT2D eigenvalue weighted by Gasteiger charge is -2.13. The standard InChI is InChI=1S/C19H20ClF3N2/c1-4-25(3)12-24-18-11-17(20)10-15(13(18)2)9-14-5-7-16(8-6-14)19(21,22)23/h5-8,10-12H,4,9H2,1-3H3/b24-12-. The first-order chi connectivity index (χ1) is 11.7. The van der Waals surface area contributed by atoms with Gasteiger partial charge in [-0.15, -0.1) is 0 Å². The van der Waals surface area contributed by atoms with Gasteiger partial charge in [0.05, 0.1) is 17.6 Å². The van der Waals surface area contributed by atoms with E-state index < -0.39 is 11.7 Å². The Morgan fingerprint density at radius 2 is 1.80 bits per heavy atom. The SMILES string of the molecule is CCN(C)/C=N\c1cc(Cl)cc(Cc2ccc(C(F)(F)F)cc2)c1C. The van der Waals surface area contributed by atoms with Crippen LogP contribution in [0.3, 0.4) is 0 Å². The number of hydrogen-bond donors (Lipinski definition) is 0. The summed E-state index contributed by atoms with van der Waals surface area (Å²) in [6, 6.07) is 8.81. The van der Waals surface area contributed by atoms with E-state index in [1.165, 1.54) is 12.1 Å². The van der Waals surface area contributed by atoms with Gasteiger partial charge in [0.25, 0.3) is 0 Å². The van der Waals surface area contributed by atoms with E-state index in [1.807, 2.05) is 31.9 Å². The Morgan fingerprint density at radius 3 is 2.36 bits per heavy atom. The molecule has 0 aliphatic heterocycles. The second-order valence-electron chi connectivity index (χ2n) is 5.90. The van der Waals surface area contributed by atoms with Crippen molar-refractivity contribution in [3.8, 4) is 0 Å². The molecule has 2 aromatic carbocycles. The maximum Gasteiger partial charge on any atom is 0.416 e. The summed E-state index contributed by atoms with van der Waals surface area (Å²) in [6.07, 6.45) is -2.09. The van der Waals surface area contributed by atoms with Crippen molar-refractivity contribution in [2.45, 2.75) is 26.4 Å². The molecule has 0 saturated carbocycles. The molecule has 0 amide bonds. The van der Waals surface area contributed by atoms with Gasteiger partial charge >= 0.3 is 6.18 Å². The van der Waals surface area contributed by atoms with Crippen LogP contribution in [0.4, 0.5) is 18.9 Å². The number of benzene rings is 2. The van der Waals surface area contributed by atoms with Crippen molar-refractivity contribution >= 4 is 23.6 Å². The van der Waals surface area contributed by atoms with E-state index in [1.54, 1.807) is 12.4 Å². The quantitative estimate of drug-likeness (QED) is 0.476. The number of aliphatic imine (C=N–C) groups is 1. The smallest absolute Gasteiger partial charge is 0.366 e. The number of rotatable bonds is 5. The Balaban J connectivity index is 2.27. The third-order valence-electron chi connectivity index (χ3n) is 4.02.